The van der Waals surface area contributed by atoms with Gasteiger partial charge in [0, 0.05) is 16.1 Å². The van der Waals surface area contributed by atoms with Gasteiger partial charge in [0.2, 0.25) is 0 Å². The molecule has 20 heavy (non-hydrogen) atoms. The van der Waals surface area contributed by atoms with Gasteiger partial charge < -0.3 is 10.4 Å². The van der Waals surface area contributed by atoms with E-state index in [0.717, 1.165) is 49.2 Å². The lowest BCUT2D eigenvalue weighted by molar-refractivity contribution is 0.107. The van der Waals surface area contributed by atoms with E-state index in [4.69, 9.17) is 23.2 Å². The van der Waals surface area contributed by atoms with Crippen molar-refractivity contribution >= 4 is 23.2 Å². The Morgan fingerprint density at radius 2 is 1.95 bits per heavy atom. The minimum Gasteiger partial charge on any atom is -0.393 e. The third-order valence-corrected chi connectivity index (χ3v) is 4.78. The summed E-state index contributed by atoms with van der Waals surface area (Å²) in [4.78, 5) is 0. The first-order valence-electron chi connectivity index (χ1n) is 7.46. The number of nitrogens with one attached hydrogen (secondary N) is 1. The predicted octanol–water partition coefficient (Wildman–Crippen LogP) is 4.59. The van der Waals surface area contributed by atoms with E-state index in [1.807, 2.05) is 12.1 Å². The zero-order chi connectivity index (χ0) is 14.5. The van der Waals surface area contributed by atoms with E-state index in [9.17, 15) is 5.11 Å². The zero-order valence-corrected chi connectivity index (χ0v) is 13.4. The molecule has 0 saturated heterocycles. The smallest absolute Gasteiger partial charge is 0.0540 e. The first kappa shape index (κ1) is 16.1. The van der Waals surface area contributed by atoms with Crippen molar-refractivity contribution in [2.45, 2.75) is 51.2 Å². The molecule has 1 aromatic carbocycles. The van der Waals surface area contributed by atoms with Crippen LogP contribution in [0.2, 0.25) is 10.0 Å². The number of benzene rings is 1. The fraction of sp³-hybridized carbons (Fsp3) is 0.625. The Labute approximate surface area is 131 Å². The topological polar surface area (TPSA) is 32.3 Å². The number of aliphatic hydroxyl groups excluding tert-OH is 1. The molecule has 4 heteroatoms. The average Bonchev–Trinajstić information content (AvgIpc) is 2.43. The maximum absolute atomic E-state index is 9.54. The lowest BCUT2D eigenvalue weighted by Crippen LogP contribution is -2.30. The van der Waals surface area contributed by atoms with Crippen molar-refractivity contribution in [2.75, 3.05) is 6.54 Å². The molecule has 1 atom stereocenters. The molecular formula is C16H23Cl2NO. The summed E-state index contributed by atoms with van der Waals surface area (Å²) < 4.78 is 0. The Hall–Kier alpha value is -0.280. The van der Waals surface area contributed by atoms with Crippen LogP contribution in [-0.2, 0) is 0 Å². The van der Waals surface area contributed by atoms with Crippen molar-refractivity contribution < 1.29 is 5.11 Å². The van der Waals surface area contributed by atoms with Gasteiger partial charge in [0.05, 0.1) is 6.10 Å². The minimum absolute atomic E-state index is 0.0843. The first-order valence-corrected chi connectivity index (χ1v) is 8.22. The summed E-state index contributed by atoms with van der Waals surface area (Å²) in [6, 6.07) is 5.98. The lowest BCUT2D eigenvalue weighted by atomic mass is 9.87. The summed E-state index contributed by atoms with van der Waals surface area (Å²) >= 11 is 12.2. The summed E-state index contributed by atoms with van der Waals surface area (Å²) in [6.45, 7) is 3.15. The second-order valence-electron chi connectivity index (χ2n) is 5.71. The highest BCUT2D eigenvalue weighted by atomic mass is 35.5. The molecule has 1 aliphatic rings. The number of hydrogen-bond donors (Lipinski definition) is 2. The van der Waals surface area contributed by atoms with E-state index in [1.54, 1.807) is 6.07 Å². The van der Waals surface area contributed by atoms with Gasteiger partial charge in [0.1, 0.15) is 0 Å². The van der Waals surface area contributed by atoms with Crippen molar-refractivity contribution in [1.29, 1.82) is 0 Å². The number of hydrogen-bond acceptors (Lipinski definition) is 2. The van der Waals surface area contributed by atoms with E-state index in [0.29, 0.717) is 10.9 Å². The molecule has 0 amide bonds. The summed E-state index contributed by atoms with van der Waals surface area (Å²) in [7, 11) is 0. The molecule has 0 spiro atoms. The third-order valence-electron chi connectivity index (χ3n) is 4.22. The van der Waals surface area contributed by atoms with Gasteiger partial charge in [0.25, 0.3) is 0 Å². The van der Waals surface area contributed by atoms with Crippen molar-refractivity contribution in [1.82, 2.24) is 5.32 Å². The summed E-state index contributed by atoms with van der Waals surface area (Å²) in [6.07, 6.45) is 5.00. The van der Waals surface area contributed by atoms with Crippen LogP contribution in [0, 0.1) is 5.92 Å². The summed E-state index contributed by atoms with van der Waals surface area (Å²) in [5.41, 5.74) is 1.12. The monoisotopic (exact) mass is 315 g/mol. The van der Waals surface area contributed by atoms with Crippen molar-refractivity contribution in [3.8, 4) is 0 Å². The molecule has 1 aromatic rings. The Morgan fingerprint density at radius 3 is 2.55 bits per heavy atom. The summed E-state index contributed by atoms with van der Waals surface area (Å²) in [5.74, 6) is 0.665. The highest BCUT2D eigenvalue weighted by Crippen LogP contribution is 2.29. The van der Waals surface area contributed by atoms with E-state index in [1.165, 1.54) is 0 Å². The van der Waals surface area contributed by atoms with Crippen LogP contribution in [-0.4, -0.2) is 17.8 Å². The molecule has 1 saturated carbocycles. The van der Waals surface area contributed by atoms with Gasteiger partial charge in [-0.2, -0.15) is 0 Å². The molecule has 1 fully saturated rings. The van der Waals surface area contributed by atoms with Crippen LogP contribution in [0.1, 0.15) is 50.6 Å². The molecule has 0 bridgehead atoms. The molecule has 1 unspecified atom stereocenters. The highest BCUT2D eigenvalue weighted by molar-refractivity contribution is 6.35. The molecule has 0 radical (unpaired) electrons. The van der Waals surface area contributed by atoms with Crippen molar-refractivity contribution in [3.05, 3.63) is 33.8 Å². The van der Waals surface area contributed by atoms with Crippen LogP contribution in [0.15, 0.2) is 18.2 Å². The second kappa shape index (κ2) is 7.65. The van der Waals surface area contributed by atoms with Gasteiger partial charge in [-0.1, -0.05) is 36.2 Å². The van der Waals surface area contributed by atoms with Crippen LogP contribution in [0.4, 0.5) is 0 Å². The number of halogens is 2. The van der Waals surface area contributed by atoms with Gasteiger partial charge in [0.15, 0.2) is 0 Å². The maximum atomic E-state index is 9.54. The Balaban J connectivity index is 1.92. The molecule has 2 nitrogen and oxygen atoms in total. The van der Waals surface area contributed by atoms with E-state index in [2.05, 4.69) is 12.2 Å². The van der Waals surface area contributed by atoms with Gasteiger partial charge in [-0.3, -0.25) is 0 Å². The van der Waals surface area contributed by atoms with E-state index in [-0.39, 0.29) is 12.1 Å². The molecule has 0 aliphatic heterocycles. The molecule has 112 valence electrons. The van der Waals surface area contributed by atoms with Gasteiger partial charge >= 0.3 is 0 Å². The Morgan fingerprint density at radius 1 is 1.25 bits per heavy atom. The molecule has 1 aliphatic carbocycles. The zero-order valence-electron chi connectivity index (χ0n) is 11.9. The standard InChI is InChI=1S/C16H23Cl2NO/c1-2-16(14-8-5-12(17)9-15(14)18)19-10-11-3-6-13(20)7-4-11/h5,8-9,11,13,16,19-20H,2-4,6-7,10H2,1H3. The second-order valence-corrected chi connectivity index (χ2v) is 6.55. The molecule has 0 heterocycles. The fourth-order valence-corrected chi connectivity index (χ4v) is 3.46. The molecule has 2 rings (SSSR count). The van der Waals surface area contributed by atoms with E-state index < -0.39 is 0 Å². The minimum atomic E-state index is -0.0843. The Bertz CT molecular complexity index is 430. The van der Waals surface area contributed by atoms with Crippen LogP contribution in [0.25, 0.3) is 0 Å². The van der Waals surface area contributed by atoms with Crippen LogP contribution >= 0.6 is 23.2 Å². The van der Waals surface area contributed by atoms with Crippen LogP contribution in [0.3, 0.4) is 0 Å². The van der Waals surface area contributed by atoms with Crippen molar-refractivity contribution in [3.63, 3.8) is 0 Å². The lowest BCUT2D eigenvalue weighted by Gasteiger charge is -2.28. The third kappa shape index (κ3) is 4.36. The van der Waals surface area contributed by atoms with Gasteiger partial charge in [-0.15, -0.1) is 0 Å². The first-order chi connectivity index (χ1) is 9.60. The number of aliphatic hydroxyl groups is 1. The quantitative estimate of drug-likeness (QED) is 0.833. The van der Waals surface area contributed by atoms with Crippen LogP contribution < -0.4 is 5.32 Å². The maximum Gasteiger partial charge on any atom is 0.0540 e. The SMILES string of the molecule is CCC(NCC1CCC(O)CC1)c1ccc(Cl)cc1Cl. The Kier molecular flexibility index (Phi) is 6.16. The highest BCUT2D eigenvalue weighted by Gasteiger charge is 2.21. The molecule has 2 N–H and O–H groups in total. The largest absolute Gasteiger partial charge is 0.393 e. The molecular weight excluding hydrogens is 293 g/mol. The van der Waals surface area contributed by atoms with Gasteiger partial charge in [-0.25, -0.2) is 0 Å². The normalized spacial score (nSPS) is 24.6. The van der Waals surface area contributed by atoms with E-state index >= 15 is 0 Å². The fourth-order valence-electron chi connectivity index (χ4n) is 2.92. The average molecular weight is 316 g/mol. The van der Waals surface area contributed by atoms with Crippen molar-refractivity contribution in [2.24, 2.45) is 5.92 Å². The number of rotatable bonds is 5. The summed E-state index contributed by atoms with van der Waals surface area (Å²) in [5, 5.41) is 14.6. The van der Waals surface area contributed by atoms with Crippen LogP contribution in [0.5, 0.6) is 0 Å². The van der Waals surface area contributed by atoms with Gasteiger partial charge in [-0.05, 0) is 62.3 Å². The predicted molar refractivity (Wildman–Crippen MR) is 85.5 cm³/mol. The molecule has 0 aromatic heterocycles.